The molecule has 0 saturated heterocycles. The molecule has 3 aromatic rings. The van der Waals surface area contributed by atoms with Crippen molar-refractivity contribution in [2.24, 2.45) is 0 Å². The number of fused-ring (bicyclic) bond motifs is 1. The lowest BCUT2D eigenvalue weighted by molar-refractivity contribution is -0.384. The Bertz CT molecular complexity index is 1070. The number of nitro groups is 1. The maximum atomic E-state index is 11.0. The van der Waals surface area contributed by atoms with Crippen molar-refractivity contribution in [1.82, 2.24) is 9.47 Å². The first-order valence-electron chi connectivity index (χ1n) is 9.49. The van der Waals surface area contributed by atoms with Gasteiger partial charge in [0, 0.05) is 42.8 Å². The third kappa shape index (κ3) is 3.61. The van der Waals surface area contributed by atoms with E-state index >= 15 is 0 Å². The minimum Gasteiger partial charge on any atom is -0.348 e. The van der Waals surface area contributed by atoms with E-state index in [1.54, 1.807) is 12.1 Å². The van der Waals surface area contributed by atoms with Crippen molar-refractivity contribution in [3.63, 3.8) is 0 Å². The second-order valence-electron chi connectivity index (χ2n) is 7.25. The van der Waals surface area contributed by atoms with Crippen LogP contribution in [0.3, 0.4) is 0 Å². The molecule has 0 amide bonds. The number of aryl methyl sites for hydroxylation is 1. The number of nitro benzene ring substituents is 1. The molecule has 0 fully saturated rings. The first-order chi connectivity index (χ1) is 14.0. The predicted molar refractivity (Wildman–Crippen MR) is 118 cm³/mol. The van der Waals surface area contributed by atoms with Gasteiger partial charge in [-0.1, -0.05) is 12.1 Å². The molecule has 29 heavy (non-hydrogen) atoms. The molecule has 1 N–H and O–H groups in total. The van der Waals surface area contributed by atoms with Crippen molar-refractivity contribution < 1.29 is 4.92 Å². The highest BCUT2D eigenvalue weighted by molar-refractivity contribution is 7.80. The number of hydrogen-bond acceptors (Lipinski definition) is 3. The van der Waals surface area contributed by atoms with Gasteiger partial charge in [0.15, 0.2) is 5.11 Å². The van der Waals surface area contributed by atoms with Crippen molar-refractivity contribution in [2.75, 3.05) is 11.9 Å². The van der Waals surface area contributed by atoms with Crippen LogP contribution in [0.1, 0.15) is 28.4 Å². The van der Waals surface area contributed by atoms with E-state index in [0.29, 0.717) is 5.11 Å². The van der Waals surface area contributed by atoms with Gasteiger partial charge < -0.3 is 14.8 Å². The topological polar surface area (TPSA) is 63.3 Å². The molecule has 1 aliphatic rings. The lowest BCUT2D eigenvalue weighted by atomic mass is 10.00. The highest BCUT2D eigenvalue weighted by Crippen LogP contribution is 2.34. The van der Waals surface area contributed by atoms with Gasteiger partial charge in [-0.2, -0.15) is 0 Å². The quantitative estimate of drug-likeness (QED) is 0.384. The van der Waals surface area contributed by atoms with Crippen LogP contribution in [-0.4, -0.2) is 26.0 Å². The van der Waals surface area contributed by atoms with E-state index in [0.717, 1.165) is 30.0 Å². The van der Waals surface area contributed by atoms with Gasteiger partial charge in [-0.3, -0.25) is 10.1 Å². The molecule has 1 aromatic heterocycles. The van der Waals surface area contributed by atoms with Gasteiger partial charge in [-0.05, 0) is 73.1 Å². The molecule has 0 radical (unpaired) electrons. The third-order valence-electron chi connectivity index (χ3n) is 5.57. The zero-order chi connectivity index (χ0) is 20.5. The number of anilines is 1. The van der Waals surface area contributed by atoms with Crippen LogP contribution in [0.5, 0.6) is 0 Å². The van der Waals surface area contributed by atoms with Crippen molar-refractivity contribution in [3.05, 3.63) is 93.3 Å². The van der Waals surface area contributed by atoms with Crippen LogP contribution < -0.4 is 5.32 Å². The van der Waals surface area contributed by atoms with Crippen LogP contribution in [0, 0.1) is 24.0 Å². The normalized spacial score (nSPS) is 15.7. The number of nitrogens with one attached hydrogen (secondary N) is 1. The Morgan fingerprint density at radius 1 is 1.10 bits per heavy atom. The van der Waals surface area contributed by atoms with Gasteiger partial charge in [-0.25, -0.2) is 0 Å². The van der Waals surface area contributed by atoms with Gasteiger partial charge in [-0.15, -0.1) is 0 Å². The summed E-state index contributed by atoms with van der Waals surface area (Å²) < 4.78 is 2.21. The largest absolute Gasteiger partial charge is 0.348 e. The Labute approximate surface area is 174 Å². The Morgan fingerprint density at radius 2 is 1.86 bits per heavy atom. The van der Waals surface area contributed by atoms with Gasteiger partial charge in [0.1, 0.15) is 0 Å². The number of hydrogen-bond donors (Lipinski definition) is 1. The molecule has 1 atom stereocenters. The summed E-state index contributed by atoms with van der Waals surface area (Å²) in [6, 6.07) is 16.9. The molecule has 148 valence electrons. The number of thiocarbonyl (C=S) groups is 1. The summed E-state index contributed by atoms with van der Waals surface area (Å²) >= 11 is 5.80. The fourth-order valence-electron chi connectivity index (χ4n) is 3.80. The molecule has 6 nitrogen and oxygen atoms in total. The number of nitrogens with zero attached hydrogens (tertiary/aromatic N) is 3. The predicted octanol–water partition coefficient (Wildman–Crippen LogP) is 4.82. The number of rotatable bonds is 3. The molecular formula is C22H22N4O2S. The summed E-state index contributed by atoms with van der Waals surface area (Å²) in [7, 11) is 0. The van der Waals surface area contributed by atoms with Gasteiger partial charge in [0.25, 0.3) is 5.69 Å². The second-order valence-corrected chi connectivity index (χ2v) is 7.64. The first-order valence-corrected chi connectivity index (χ1v) is 9.90. The summed E-state index contributed by atoms with van der Waals surface area (Å²) in [5.41, 5.74) is 5.55. The average Bonchev–Trinajstić information content (AvgIpc) is 3.19. The van der Waals surface area contributed by atoms with E-state index in [-0.39, 0.29) is 16.7 Å². The Balaban J connectivity index is 1.68. The van der Waals surface area contributed by atoms with Crippen LogP contribution in [0.4, 0.5) is 11.4 Å². The summed E-state index contributed by atoms with van der Waals surface area (Å²) in [5.74, 6) is 0. The number of aromatic nitrogens is 1. The summed E-state index contributed by atoms with van der Waals surface area (Å²) in [4.78, 5) is 12.8. The highest BCUT2D eigenvalue weighted by Gasteiger charge is 2.31. The molecule has 0 spiro atoms. The molecule has 2 aromatic carbocycles. The molecule has 1 aliphatic heterocycles. The van der Waals surface area contributed by atoms with E-state index in [4.69, 9.17) is 12.2 Å². The Morgan fingerprint density at radius 3 is 2.59 bits per heavy atom. The molecule has 0 saturated carbocycles. The van der Waals surface area contributed by atoms with Gasteiger partial charge in [0.2, 0.25) is 0 Å². The van der Waals surface area contributed by atoms with E-state index in [1.807, 2.05) is 30.3 Å². The van der Waals surface area contributed by atoms with E-state index < -0.39 is 0 Å². The smallest absolute Gasteiger partial charge is 0.269 e. The number of non-ortho nitro benzene ring substituents is 1. The fraction of sp³-hybridized carbons (Fsp3) is 0.227. The molecule has 7 heteroatoms. The van der Waals surface area contributed by atoms with Crippen LogP contribution in [-0.2, 0) is 6.54 Å². The monoisotopic (exact) mass is 406 g/mol. The highest BCUT2D eigenvalue weighted by atomic mass is 32.1. The minimum atomic E-state index is -0.377. The Hall–Kier alpha value is -3.19. The molecule has 0 bridgehead atoms. The molecule has 2 heterocycles. The Kier molecular flexibility index (Phi) is 5.07. The van der Waals surface area contributed by atoms with Gasteiger partial charge in [0.05, 0.1) is 11.0 Å². The zero-order valence-corrected chi connectivity index (χ0v) is 17.1. The fourth-order valence-corrected chi connectivity index (χ4v) is 4.11. The minimum absolute atomic E-state index is 0.0857. The van der Waals surface area contributed by atoms with Gasteiger partial charge >= 0.3 is 0 Å². The molecule has 0 aliphatic carbocycles. The van der Waals surface area contributed by atoms with Crippen LogP contribution in [0.15, 0.2) is 60.8 Å². The average molecular weight is 407 g/mol. The second kappa shape index (κ2) is 7.67. The van der Waals surface area contributed by atoms with Crippen molar-refractivity contribution in [3.8, 4) is 0 Å². The van der Waals surface area contributed by atoms with Crippen molar-refractivity contribution in [2.45, 2.75) is 26.4 Å². The van der Waals surface area contributed by atoms with E-state index in [9.17, 15) is 10.1 Å². The van der Waals surface area contributed by atoms with Crippen molar-refractivity contribution >= 4 is 28.7 Å². The lowest BCUT2D eigenvalue weighted by Gasteiger charge is -2.39. The SMILES string of the molecule is Cc1cccc(NC(=S)N2CCn3cccc3[C@@H]2c2ccc([N+](=O)[O-])cc2)c1C. The summed E-state index contributed by atoms with van der Waals surface area (Å²) in [6.45, 7) is 5.74. The van der Waals surface area contributed by atoms with Crippen LogP contribution >= 0.6 is 12.2 Å². The standard InChI is InChI=1S/C22H22N4O2S/c1-15-5-3-6-19(16(15)2)23-22(29)25-14-13-24-12-4-7-20(24)21(25)17-8-10-18(11-9-17)26(27)28/h3-12,21H,13-14H2,1-2H3,(H,23,29)/t21-/m0/s1. The zero-order valence-electron chi connectivity index (χ0n) is 16.3. The summed E-state index contributed by atoms with van der Waals surface area (Å²) in [5, 5.41) is 15.1. The lowest BCUT2D eigenvalue weighted by Crippen LogP contribution is -2.44. The third-order valence-corrected chi connectivity index (χ3v) is 5.90. The maximum Gasteiger partial charge on any atom is 0.269 e. The van der Waals surface area contributed by atoms with E-state index in [1.165, 1.54) is 11.1 Å². The molecule has 4 rings (SSSR count). The van der Waals surface area contributed by atoms with Crippen molar-refractivity contribution in [1.29, 1.82) is 0 Å². The molecule has 0 unspecified atom stereocenters. The number of benzene rings is 2. The summed E-state index contributed by atoms with van der Waals surface area (Å²) in [6.07, 6.45) is 2.06. The van der Waals surface area contributed by atoms with E-state index in [2.05, 4.69) is 47.0 Å². The van der Waals surface area contributed by atoms with Crippen LogP contribution in [0.25, 0.3) is 0 Å². The van der Waals surface area contributed by atoms with Crippen LogP contribution in [0.2, 0.25) is 0 Å². The first kappa shape index (κ1) is 19.1. The molecular weight excluding hydrogens is 384 g/mol. The maximum absolute atomic E-state index is 11.0.